The Morgan fingerprint density at radius 1 is 1.45 bits per heavy atom. The third-order valence-corrected chi connectivity index (χ3v) is 3.79. The van der Waals surface area contributed by atoms with Crippen LogP contribution in [0.1, 0.15) is 31.1 Å². The van der Waals surface area contributed by atoms with Crippen molar-refractivity contribution in [2.45, 2.75) is 33.4 Å². The van der Waals surface area contributed by atoms with Crippen molar-refractivity contribution in [3.05, 3.63) is 53.3 Å². The molecule has 0 aliphatic heterocycles. The van der Waals surface area contributed by atoms with E-state index in [-0.39, 0.29) is 28.0 Å². The first-order valence-corrected chi connectivity index (χ1v) is 7.37. The minimum atomic E-state index is -0.601. The quantitative estimate of drug-likeness (QED) is 0.935. The molecule has 1 heterocycles. The van der Waals surface area contributed by atoms with E-state index < -0.39 is 5.82 Å². The Kier molecular flexibility index (Phi) is 4.86. The van der Waals surface area contributed by atoms with Crippen molar-refractivity contribution < 1.29 is 9.18 Å². The van der Waals surface area contributed by atoms with E-state index >= 15 is 0 Å². The SMILES string of the molecule is CC(C)(C)[C@H](Cn1ccnc1)NC(=O)c1ccc(Cl)c(F)c1. The van der Waals surface area contributed by atoms with E-state index in [1.165, 1.54) is 12.1 Å². The van der Waals surface area contributed by atoms with Crippen LogP contribution < -0.4 is 5.32 Å². The smallest absolute Gasteiger partial charge is 0.251 e. The maximum atomic E-state index is 13.5. The monoisotopic (exact) mass is 323 g/mol. The molecule has 4 nitrogen and oxygen atoms in total. The summed E-state index contributed by atoms with van der Waals surface area (Å²) in [6, 6.07) is 3.91. The number of nitrogens with zero attached hydrogens (tertiary/aromatic N) is 2. The highest BCUT2D eigenvalue weighted by molar-refractivity contribution is 6.30. The van der Waals surface area contributed by atoms with Crippen molar-refractivity contribution in [2.24, 2.45) is 5.41 Å². The Balaban J connectivity index is 2.15. The zero-order chi connectivity index (χ0) is 16.3. The first kappa shape index (κ1) is 16.5. The van der Waals surface area contributed by atoms with Gasteiger partial charge in [-0.1, -0.05) is 32.4 Å². The molecule has 0 radical (unpaired) electrons. The van der Waals surface area contributed by atoms with Crippen LogP contribution in [0.5, 0.6) is 0 Å². The molecule has 1 aromatic carbocycles. The Bertz CT molecular complexity index is 650. The molecule has 22 heavy (non-hydrogen) atoms. The maximum Gasteiger partial charge on any atom is 0.251 e. The lowest BCUT2D eigenvalue weighted by molar-refractivity contribution is 0.0892. The Morgan fingerprint density at radius 2 is 2.18 bits per heavy atom. The van der Waals surface area contributed by atoms with Crippen molar-refractivity contribution in [1.82, 2.24) is 14.9 Å². The number of carbonyl (C=O) groups excluding carboxylic acids is 1. The molecule has 0 spiro atoms. The molecule has 1 atom stereocenters. The van der Waals surface area contributed by atoms with Gasteiger partial charge in [0.1, 0.15) is 5.82 Å². The van der Waals surface area contributed by atoms with E-state index in [0.717, 1.165) is 6.07 Å². The van der Waals surface area contributed by atoms with Gasteiger partial charge < -0.3 is 9.88 Å². The second kappa shape index (κ2) is 6.48. The molecule has 2 aromatic rings. The molecule has 0 fully saturated rings. The Labute approximate surface area is 134 Å². The predicted octanol–water partition coefficient (Wildman–Crippen LogP) is 3.52. The van der Waals surface area contributed by atoms with Gasteiger partial charge in [0.05, 0.1) is 17.4 Å². The lowest BCUT2D eigenvalue weighted by Crippen LogP contribution is -2.46. The van der Waals surface area contributed by atoms with Crippen molar-refractivity contribution >= 4 is 17.5 Å². The fourth-order valence-corrected chi connectivity index (χ4v) is 2.14. The number of carbonyl (C=O) groups is 1. The third-order valence-electron chi connectivity index (χ3n) is 3.49. The van der Waals surface area contributed by atoms with Gasteiger partial charge in [-0.15, -0.1) is 0 Å². The van der Waals surface area contributed by atoms with Crippen LogP contribution in [0.25, 0.3) is 0 Å². The lowest BCUT2D eigenvalue weighted by atomic mass is 9.86. The number of rotatable bonds is 4. The molecule has 0 aliphatic carbocycles. The number of amides is 1. The van der Waals surface area contributed by atoms with Gasteiger partial charge in [-0.05, 0) is 23.6 Å². The highest BCUT2D eigenvalue weighted by Gasteiger charge is 2.27. The molecule has 6 heteroatoms. The van der Waals surface area contributed by atoms with Crippen molar-refractivity contribution in [1.29, 1.82) is 0 Å². The minimum absolute atomic E-state index is 0.00216. The number of aromatic nitrogens is 2. The van der Waals surface area contributed by atoms with E-state index in [1.807, 2.05) is 31.5 Å². The van der Waals surface area contributed by atoms with Crippen LogP contribution in [-0.2, 0) is 6.54 Å². The summed E-state index contributed by atoms with van der Waals surface area (Å²) in [6.07, 6.45) is 5.23. The highest BCUT2D eigenvalue weighted by atomic mass is 35.5. The zero-order valence-corrected chi connectivity index (χ0v) is 13.6. The number of hydrogen-bond donors (Lipinski definition) is 1. The molecule has 0 bridgehead atoms. The normalized spacial score (nSPS) is 13.0. The van der Waals surface area contributed by atoms with Crippen LogP contribution >= 0.6 is 11.6 Å². The first-order valence-electron chi connectivity index (χ1n) is 6.99. The van der Waals surface area contributed by atoms with Gasteiger partial charge in [0.2, 0.25) is 0 Å². The molecule has 1 amide bonds. The van der Waals surface area contributed by atoms with Crippen LogP contribution in [0.15, 0.2) is 36.9 Å². The summed E-state index contributed by atoms with van der Waals surface area (Å²) in [5.74, 6) is -0.924. The van der Waals surface area contributed by atoms with Gasteiger partial charge in [0.25, 0.3) is 5.91 Å². The predicted molar refractivity (Wildman–Crippen MR) is 84.3 cm³/mol. The summed E-state index contributed by atoms with van der Waals surface area (Å²) >= 11 is 5.64. The fraction of sp³-hybridized carbons (Fsp3) is 0.375. The van der Waals surface area contributed by atoms with E-state index in [1.54, 1.807) is 12.5 Å². The molecule has 0 aliphatic rings. The Hall–Kier alpha value is -1.88. The molecule has 0 unspecified atom stereocenters. The second-order valence-corrected chi connectivity index (χ2v) is 6.69. The van der Waals surface area contributed by atoms with Crippen LogP contribution in [0.3, 0.4) is 0 Å². The van der Waals surface area contributed by atoms with E-state index in [9.17, 15) is 9.18 Å². The molecule has 118 valence electrons. The van der Waals surface area contributed by atoms with Crippen LogP contribution in [-0.4, -0.2) is 21.5 Å². The summed E-state index contributed by atoms with van der Waals surface area (Å²) in [6.45, 7) is 6.71. The van der Waals surface area contributed by atoms with Gasteiger partial charge in [-0.3, -0.25) is 4.79 Å². The number of benzene rings is 1. The summed E-state index contributed by atoms with van der Waals surface area (Å²) in [5.41, 5.74) is 0.0898. The van der Waals surface area contributed by atoms with Gasteiger partial charge >= 0.3 is 0 Å². The maximum absolute atomic E-state index is 13.5. The third kappa shape index (κ3) is 4.07. The van der Waals surface area contributed by atoms with Crippen LogP contribution in [0.2, 0.25) is 5.02 Å². The van der Waals surface area contributed by atoms with Crippen molar-refractivity contribution in [3.8, 4) is 0 Å². The molecular weight excluding hydrogens is 305 g/mol. The average molecular weight is 324 g/mol. The Morgan fingerprint density at radius 3 is 2.73 bits per heavy atom. The largest absolute Gasteiger partial charge is 0.347 e. The fourth-order valence-electron chi connectivity index (χ4n) is 2.02. The van der Waals surface area contributed by atoms with E-state index in [0.29, 0.717) is 6.54 Å². The highest BCUT2D eigenvalue weighted by Crippen LogP contribution is 2.22. The standard InChI is InChI=1S/C16H19ClFN3O/c1-16(2,3)14(9-21-7-6-19-10-21)20-15(22)11-4-5-12(17)13(18)8-11/h4-8,10,14H,9H2,1-3H3,(H,20,22)/t14-/m0/s1. The summed E-state index contributed by atoms with van der Waals surface area (Å²) in [5, 5.41) is 2.96. The molecule has 1 N–H and O–H groups in total. The van der Waals surface area contributed by atoms with Gasteiger partial charge in [0.15, 0.2) is 0 Å². The molecule has 2 rings (SSSR count). The van der Waals surface area contributed by atoms with Crippen LogP contribution in [0.4, 0.5) is 4.39 Å². The molecule has 0 saturated carbocycles. The lowest BCUT2D eigenvalue weighted by Gasteiger charge is -2.31. The van der Waals surface area contributed by atoms with E-state index in [4.69, 9.17) is 11.6 Å². The topological polar surface area (TPSA) is 46.9 Å². The molecule has 0 saturated heterocycles. The summed E-state index contributed by atoms with van der Waals surface area (Å²) in [4.78, 5) is 16.3. The van der Waals surface area contributed by atoms with Crippen molar-refractivity contribution in [2.75, 3.05) is 0 Å². The van der Waals surface area contributed by atoms with E-state index in [2.05, 4.69) is 10.3 Å². The first-order chi connectivity index (χ1) is 10.3. The van der Waals surface area contributed by atoms with Crippen molar-refractivity contribution in [3.63, 3.8) is 0 Å². The zero-order valence-electron chi connectivity index (χ0n) is 12.8. The van der Waals surface area contributed by atoms with Gasteiger partial charge in [-0.25, -0.2) is 9.37 Å². The van der Waals surface area contributed by atoms with Gasteiger partial charge in [-0.2, -0.15) is 0 Å². The number of imidazole rings is 1. The molecule has 1 aromatic heterocycles. The molecular formula is C16H19ClFN3O. The van der Waals surface area contributed by atoms with Gasteiger partial charge in [0, 0.05) is 24.5 Å². The number of halogens is 2. The second-order valence-electron chi connectivity index (χ2n) is 6.28. The number of hydrogen-bond acceptors (Lipinski definition) is 2. The number of nitrogens with one attached hydrogen (secondary N) is 1. The average Bonchev–Trinajstić information content (AvgIpc) is 2.93. The van der Waals surface area contributed by atoms with Crippen LogP contribution in [0, 0.1) is 11.2 Å². The summed E-state index contributed by atoms with van der Waals surface area (Å²) < 4.78 is 15.4. The summed E-state index contributed by atoms with van der Waals surface area (Å²) in [7, 11) is 0. The minimum Gasteiger partial charge on any atom is -0.347 e.